The predicted octanol–water partition coefficient (Wildman–Crippen LogP) is 1.44. The van der Waals surface area contributed by atoms with Gasteiger partial charge in [-0.25, -0.2) is 4.79 Å². The zero-order valence-corrected chi connectivity index (χ0v) is 15.9. The van der Waals surface area contributed by atoms with Gasteiger partial charge in [-0.15, -0.1) is 0 Å². The summed E-state index contributed by atoms with van der Waals surface area (Å²) in [6, 6.07) is 5.85. The minimum absolute atomic E-state index is 0.0512. The summed E-state index contributed by atoms with van der Waals surface area (Å²) in [6.45, 7) is 4.60. The van der Waals surface area contributed by atoms with Crippen molar-refractivity contribution in [2.75, 3.05) is 19.8 Å². The predicted molar refractivity (Wildman–Crippen MR) is 95.5 cm³/mol. The Morgan fingerprint density at radius 1 is 1.21 bits per heavy atom. The molecule has 154 valence electrons. The van der Waals surface area contributed by atoms with Crippen molar-refractivity contribution < 1.29 is 38.7 Å². The molecule has 1 aromatic rings. The van der Waals surface area contributed by atoms with Crippen molar-refractivity contribution in [1.82, 2.24) is 0 Å². The van der Waals surface area contributed by atoms with E-state index in [-0.39, 0.29) is 24.2 Å². The van der Waals surface area contributed by atoms with Crippen molar-refractivity contribution >= 4 is 5.97 Å². The maximum Gasteiger partial charge on any atom is 0.338 e. The molecule has 7 atom stereocenters. The lowest BCUT2D eigenvalue weighted by atomic mass is 9.83. The zero-order chi connectivity index (χ0) is 19.9. The molecule has 0 bridgehead atoms. The summed E-state index contributed by atoms with van der Waals surface area (Å²) in [5.41, 5.74) is -0.971. The van der Waals surface area contributed by atoms with E-state index in [9.17, 15) is 15.0 Å². The molecule has 3 aliphatic rings. The quantitative estimate of drug-likeness (QED) is 0.699. The van der Waals surface area contributed by atoms with Gasteiger partial charge in [0.2, 0.25) is 0 Å². The number of phenols is 1. The van der Waals surface area contributed by atoms with Gasteiger partial charge < -0.3 is 33.9 Å². The molecule has 2 saturated heterocycles. The van der Waals surface area contributed by atoms with E-state index in [4.69, 9.17) is 23.7 Å². The molecule has 1 aliphatic carbocycles. The molecule has 0 unspecified atom stereocenters. The topological polar surface area (TPSA) is 104 Å². The molecule has 2 aliphatic heterocycles. The lowest BCUT2D eigenvalue weighted by molar-refractivity contribution is -0.280. The number of esters is 1. The largest absolute Gasteiger partial charge is 0.508 e. The number of phenolic OH excluding ortho intramolecular Hbond substituents is 1. The van der Waals surface area contributed by atoms with Gasteiger partial charge >= 0.3 is 5.97 Å². The highest BCUT2D eigenvalue weighted by Crippen LogP contribution is 2.54. The summed E-state index contributed by atoms with van der Waals surface area (Å²) in [5.74, 6) is -1.05. The fourth-order valence-corrected chi connectivity index (χ4v) is 4.69. The number of ether oxygens (including phenoxy) is 5. The monoisotopic (exact) mass is 394 g/mol. The summed E-state index contributed by atoms with van der Waals surface area (Å²) >= 11 is 0. The summed E-state index contributed by atoms with van der Waals surface area (Å²) < 4.78 is 28.9. The van der Waals surface area contributed by atoms with Crippen LogP contribution in [0.15, 0.2) is 24.3 Å². The lowest BCUT2D eigenvalue weighted by Gasteiger charge is -2.37. The second kappa shape index (κ2) is 7.61. The van der Waals surface area contributed by atoms with E-state index in [1.807, 2.05) is 13.8 Å². The molecule has 1 saturated carbocycles. The first-order valence-electron chi connectivity index (χ1n) is 9.70. The van der Waals surface area contributed by atoms with E-state index >= 15 is 0 Å². The molecule has 0 aromatic heterocycles. The first-order chi connectivity index (χ1) is 13.5. The van der Waals surface area contributed by atoms with Gasteiger partial charge in [0.1, 0.15) is 23.6 Å². The van der Waals surface area contributed by atoms with Gasteiger partial charge in [0.05, 0.1) is 18.1 Å². The molecule has 3 fully saturated rings. The van der Waals surface area contributed by atoms with E-state index in [1.54, 1.807) is 0 Å². The van der Waals surface area contributed by atoms with Crippen LogP contribution in [0.3, 0.4) is 0 Å². The van der Waals surface area contributed by atoms with E-state index in [0.717, 1.165) is 0 Å². The van der Waals surface area contributed by atoms with Crippen LogP contribution in [0.4, 0.5) is 0 Å². The van der Waals surface area contributed by atoms with Crippen LogP contribution in [0.25, 0.3) is 0 Å². The molecule has 8 nitrogen and oxygen atoms in total. The van der Waals surface area contributed by atoms with Crippen LogP contribution in [-0.2, 0) is 23.7 Å². The third kappa shape index (κ3) is 3.19. The first-order valence-corrected chi connectivity index (χ1v) is 9.70. The number of rotatable bonds is 6. The zero-order valence-electron chi connectivity index (χ0n) is 15.9. The molecule has 2 heterocycles. The van der Waals surface area contributed by atoms with Gasteiger partial charge in [-0.3, -0.25) is 0 Å². The fraction of sp³-hybridized carbons (Fsp3) is 0.650. The highest BCUT2D eigenvalue weighted by molar-refractivity contribution is 5.89. The van der Waals surface area contributed by atoms with Gasteiger partial charge in [0.25, 0.3) is 0 Å². The van der Waals surface area contributed by atoms with E-state index in [1.165, 1.54) is 24.3 Å². The Balaban J connectivity index is 1.61. The van der Waals surface area contributed by atoms with Gasteiger partial charge in [-0.05, 0) is 38.1 Å². The Kier molecular flexibility index (Phi) is 5.32. The number of carbonyl (C=O) groups is 1. The van der Waals surface area contributed by atoms with Crippen molar-refractivity contribution in [1.29, 1.82) is 0 Å². The highest BCUT2D eigenvalue weighted by Gasteiger charge is 2.70. The molecular formula is C20H26O8. The summed E-state index contributed by atoms with van der Waals surface area (Å²) in [4.78, 5) is 12.7. The molecule has 4 rings (SSSR count). The van der Waals surface area contributed by atoms with Crippen LogP contribution in [-0.4, -0.2) is 66.4 Å². The summed E-state index contributed by atoms with van der Waals surface area (Å²) in [5, 5.41) is 20.8. The Labute approximate surface area is 163 Å². The van der Waals surface area contributed by atoms with E-state index in [0.29, 0.717) is 25.2 Å². The van der Waals surface area contributed by atoms with Crippen LogP contribution < -0.4 is 0 Å². The molecule has 2 N–H and O–H groups in total. The smallest absolute Gasteiger partial charge is 0.338 e. The van der Waals surface area contributed by atoms with Gasteiger partial charge in [-0.2, -0.15) is 0 Å². The van der Waals surface area contributed by atoms with Gasteiger partial charge in [-0.1, -0.05) is 0 Å². The average molecular weight is 394 g/mol. The molecular weight excluding hydrogens is 368 g/mol. The van der Waals surface area contributed by atoms with E-state index < -0.39 is 36.4 Å². The third-order valence-corrected chi connectivity index (χ3v) is 5.82. The summed E-state index contributed by atoms with van der Waals surface area (Å²) in [6.07, 6.45) is -2.02. The molecule has 0 amide bonds. The van der Waals surface area contributed by atoms with Crippen LogP contribution in [0.2, 0.25) is 0 Å². The second-order valence-corrected chi connectivity index (χ2v) is 7.41. The summed E-state index contributed by atoms with van der Waals surface area (Å²) in [7, 11) is 0. The lowest BCUT2D eigenvalue weighted by Crippen LogP contribution is -2.49. The van der Waals surface area contributed by atoms with E-state index in [2.05, 4.69) is 0 Å². The number of aromatic hydroxyl groups is 1. The fourth-order valence-electron chi connectivity index (χ4n) is 4.69. The maximum absolute atomic E-state index is 12.7. The Morgan fingerprint density at radius 3 is 2.61 bits per heavy atom. The number of aliphatic hydroxyl groups is 1. The van der Waals surface area contributed by atoms with Gasteiger partial charge in [0, 0.05) is 25.6 Å². The number of hydrogen-bond acceptors (Lipinski definition) is 8. The molecule has 0 radical (unpaired) electrons. The van der Waals surface area contributed by atoms with Crippen molar-refractivity contribution in [3.05, 3.63) is 29.8 Å². The van der Waals surface area contributed by atoms with Crippen LogP contribution in [0.1, 0.15) is 30.6 Å². The molecule has 0 spiro atoms. The Bertz CT molecular complexity index is 707. The molecule has 8 heteroatoms. The first kappa shape index (κ1) is 19.6. The third-order valence-electron chi connectivity index (χ3n) is 5.82. The Morgan fingerprint density at radius 2 is 1.93 bits per heavy atom. The molecule has 28 heavy (non-hydrogen) atoms. The van der Waals surface area contributed by atoms with Crippen LogP contribution in [0.5, 0.6) is 5.75 Å². The number of hydrogen-bond donors (Lipinski definition) is 2. The Hall–Kier alpha value is -1.71. The van der Waals surface area contributed by atoms with Crippen molar-refractivity contribution in [2.24, 2.45) is 11.8 Å². The van der Waals surface area contributed by atoms with Crippen LogP contribution in [0, 0.1) is 11.8 Å². The average Bonchev–Trinajstić information content (AvgIpc) is 3.12. The molecule has 1 aromatic carbocycles. The van der Waals surface area contributed by atoms with Crippen molar-refractivity contribution in [2.45, 2.75) is 50.7 Å². The van der Waals surface area contributed by atoms with Crippen LogP contribution >= 0.6 is 0 Å². The second-order valence-electron chi connectivity index (χ2n) is 7.41. The van der Waals surface area contributed by atoms with Gasteiger partial charge in [0.15, 0.2) is 12.6 Å². The van der Waals surface area contributed by atoms with Crippen molar-refractivity contribution in [3.63, 3.8) is 0 Å². The SMILES string of the molecule is CCO[C@H]1C[C@H]2[C@H](OC(=O)c3ccc(O)cc3)[C@H](OCC)[C@@]3(O)CO[C@@H](O1)[C@@H]23. The highest BCUT2D eigenvalue weighted by atomic mass is 16.8. The normalized spacial score (nSPS) is 39.0. The number of benzene rings is 1. The minimum Gasteiger partial charge on any atom is -0.508 e. The minimum atomic E-state index is -1.29. The van der Waals surface area contributed by atoms with Crippen molar-refractivity contribution in [3.8, 4) is 5.75 Å². The number of carbonyl (C=O) groups excluding carboxylic acids is 1. The maximum atomic E-state index is 12.7. The standard InChI is InChI=1S/C20H26O8/c1-3-24-14-9-13-15-19(27-14)26-10-20(15,23)17(25-4-2)16(13)28-18(22)11-5-7-12(21)8-6-11/h5-8,13-17,19,21,23H,3-4,9-10H2,1-2H3/t13-,14-,15-,16+,17+,19+,20-/m1/s1.